The highest BCUT2D eigenvalue weighted by Crippen LogP contribution is 2.21. The second-order valence-corrected chi connectivity index (χ2v) is 3.66. The number of methoxy groups -OCH3 is 1. The fraction of sp³-hybridized carbons (Fsp3) is 0.875. The quantitative estimate of drug-likeness (QED) is 0.732. The minimum atomic E-state index is -0.308. The van der Waals surface area contributed by atoms with Crippen molar-refractivity contribution < 1.29 is 14.3 Å². The average Bonchev–Trinajstić information content (AvgIpc) is 2.63. The van der Waals surface area contributed by atoms with Crippen molar-refractivity contribution in [2.45, 2.75) is 12.0 Å². The molecule has 0 spiro atoms. The van der Waals surface area contributed by atoms with Crippen LogP contribution in [0.3, 0.4) is 0 Å². The van der Waals surface area contributed by atoms with Crippen LogP contribution in [0.5, 0.6) is 0 Å². The van der Waals surface area contributed by atoms with Gasteiger partial charge in [-0.1, -0.05) is 15.9 Å². The summed E-state index contributed by atoms with van der Waals surface area (Å²) in [5.74, 6) is -0.0247. The molecule has 0 aliphatic carbocycles. The van der Waals surface area contributed by atoms with E-state index in [0.717, 1.165) is 6.42 Å². The van der Waals surface area contributed by atoms with Crippen molar-refractivity contribution in [3.05, 3.63) is 0 Å². The van der Waals surface area contributed by atoms with E-state index < -0.39 is 0 Å². The molecular formula is C8H14BrNO3. The lowest BCUT2D eigenvalue weighted by atomic mass is 10.0. The number of amides is 1. The highest BCUT2D eigenvalue weighted by Gasteiger charge is 2.34. The maximum Gasteiger partial charge on any atom is 0.230 e. The van der Waals surface area contributed by atoms with E-state index in [1.165, 1.54) is 0 Å². The van der Waals surface area contributed by atoms with Gasteiger partial charge in [0, 0.05) is 26.7 Å². The predicted molar refractivity (Wildman–Crippen MR) is 52.0 cm³/mol. The van der Waals surface area contributed by atoms with E-state index in [-0.39, 0.29) is 11.5 Å². The molecule has 1 atom stereocenters. The number of hydrogen-bond acceptors (Lipinski definition) is 3. The second kappa shape index (κ2) is 4.93. The van der Waals surface area contributed by atoms with Crippen molar-refractivity contribution in [2.24, 2.45) is 0 Å². The Kier molecular flexibility index (Phi) is 4.15. The number of alkyl halides is 1. The molecule has 5 heteroatoms. The van der Waals surface area contributed by atoms with Crippen LogP contribution in [0.1, 0.15) is 6.42 Å². The SMILES string of the molecule is COC1(CNC(=O)CBr)CCOC1. The van der Waals surface area contributed by atoms with Crippen LogP contribution in [0, 0.1) is 0 Å². The first-order valence-electron chi connectivity index (χ1n) is 4.18. The molecule has 0 aromatic heterocycles. The highest BCUT2D eigenvalue weighted by molar-refractivity contribution is 9.09. The Morgan fingerprint density at radius 1 is 1.77 bits per heavy atom. The standard InChI is InChI=1S/C8H14BrNO3/c1-12-8(2-3-13-6-8)5-10-7(11)4-9/h2-6H2,1H3,(H,10,11). The lowest BCUT2D eigenvalue weighted by Gasteiger charge is -2.25. The zero-order valence-corrected chi connectivity index (χ0v) is 9.22. The van der Waals surface area contributed by atoms with Crippen LogP contribution in [0.25, 0.3) is 0 Å². The summed E-state index contributed by atoms with van der Waals surface area (Å²) in [6.45, 7) is 1.79. The molecule has 1 fully saturated rings. The maximum absolute atomic E-state index is 11.0. The van der Waals surface area contributed by atoms with Crippen LogP contribution in [0.15, 0.2) is 0 Å². The van der Waals surface area contributed by atoms with Crippen molar-refractivity contribution in [3.8, 4) is 0 Å². The molecule has 0 aromatic carbocycles. The summed E-state index contributed by atoms with van der Waals surface area (Å²) < 4.78 is 10.6. The number of halogens is 1. The van der Waals surface area contributed by atoms with Crippen LogP contribution >= 0.6 is 15.9 Å². The van der Waals surface area contributed by atoms with E-state index in [4.69, 9.17) is 9.47 Å². The van der Waals surface area contributed by atoms with Gasteiger partial charge < -0.3 is 14.8 Å². The van der Waals surface area contributed by atoms with Crippen molar-refractivity contribution >= 4 is 21.8 Å². The largest absolute Gasteiger partial charge is 0.378 e. The molecule has 1 N–H and O–H groups in total. The van der Waals surface area contributed by atoms with E-state index in [9.17, 15) is 4.79 Å². The first-order valence-corrected chi connectivity index (χ1v) is 5.30. The predicted octanol–water partition coefficient (Wildman–Crippen LogP) is 0.303. The second-order valence-electron chi connectivity index (χ2n) is 3.10. The molecule has 76 valence electrons. The number of nitrogens with one attached hydrogen (secondary N) is 1. The summed E-state index contributed by atoms with van der Waals surface area (Å²) in [5.41, 5.74) is -0.308. The fourth-order valence-electron chi connectivity index (χ4n) is 1.27. The molecule has 1 heterocycles. The zero-order chi connectivity index (χ0) is 9.73. The minimum absolute atomic E-state index is 0.0247. The monoisotopic (exact) mass is 251 g/mol. The van der Waals surface area contributed by atoms with E-state index >= 15 is 0 Å². The van der Waals surface area contributed by atoms with Crippen LogP contribution in [-0.2, 0) is 14.3 Å². The van der Waals surface area contributed by atoms with E-state index in [0.29, 0.717) is 25.1 Å². The molecule has 0 radical (unpaired) electrons. The number of carbonyl (C=O) groups excluding carboxylic acids is 1. The zero-order valence-electron chi connectivity index (χ0n) is 7.64. The highest BCUT2D eigenvalue weighted by atomic mass is 79.9. The molecule has 13 heavy (non-hydrogen) atoms. The number of hydrogen-bond donors (Lipinski definition) is 1. The molecule has 0 aromatic rings. The molecule has 1 aliphatic rings. The summed E-state index contributed by atoms with van der Waals surface area (Å²) in [4.78, 5) is 11.0. The molecule has 1 saturated heterocycles. The van der Waals surface area contributed by atoms with Crippen LogP contribution in [0.4, 0.5) is 0 Å². The third kappa shape index (κ3) is 2.93. The molecule has 4 nitrogen and oxygen atoms in total. The van der Waals surface area contributed by atoms with E-state index in [2.05, 4.69) is 21.2 Å². The Hall–Kier alpha value is -0.130. The molecular weight excluding hydrogens is 238 g/mol. The van der Waals surface area contributed by atoms with Crippen LogP contribution in [-0.4, -0.2) is 43.7 Å². The fourth-order valence-corrected chi connectivity index (χ4v) is 1.47. The summed E-state index contributed by atoms with van der Waals surface area (Å²) in [6, 6.07) is 0. The van der Waals surface area contributed by atoms with Crippen LogP contribution in [0.2, 0.25) is 0 Å². The number of ether oxygens (including phenoxy) is 2. The lowest BCUT2D eigenvalue weighted by molar-refractivity contribution is -0.120. The third-order valence-corrected chi connectivity index (χ3v) is 2.74. The summed E-state index contributed by atoms with van der Waals surface area (Å²) in [7, 11) is 1.65. The first kappa shape index (κ1) is 10.9. The van der Waals surface area contributed by atoms with Gasteiger partial charge in [-0.25, -0.2) is 0 Å². The van der Waals surface area contributed by atoms with Crippen LogP contribution < -0.4 is 5.32 Å². The molecule has 1 amide bonds. The Morgan fingerprint density at radius 2 is 2.54 bits per heavy atom. The van der Waals surface area contributed by atoms with E-state index in [1.807, 2.05) is 0 Å². The number of rotatable bonds is 4. The van der Waals surface area contributed by atoms with Gasteiger partial charge >= 0.3 is 0 Å². The van der Waals surface area contributed by atoms with Crippen molar-refractivity contribution in [3.63, 3.8) is 0 Å². The topological polar surface area (TPSA) is 47.6 Å². The van der Waals surface area contributed by atoms with Crippen molar-refractivity contribution in [1.82, 2.24) is 5.32 Å². The summed E-state index contributed by atoms with van der Waals surface area (Å²) >= 11 is 3.08. The normalized spacial score (nSPS) is 27.5. The minimum Gasteiger partial charge on any atom is -0.378 e. The molecule has 0 bridgehead atoms. The van der Waals surface area contributed by atoms with Gasteiger partial charge in [-0.05, 0) is 0 Å². The Labute approximate surface area is 86.1 Å². The van der Waals surface area contributed by atoms with Crippen molar-refractivity contribution in [1.29, 1.82) is 0 Å². The first-order chi connectivity index (χ1) is 6.22. The molecule has 1 rings (SSSR count). The average molecular weight is 252 g/mol. The van der Waals surface area contributed by atoms with Gasteiger partial charge in [0.1, 0.15) is 5.60 Å². The Bertz CT molecular complexity index is 180. The van der Waals surface area contributed by atoms with Gasteiger partial charge in [0.2, 0.25) is 5.91 Å². The Morgan fingerprint density at radius 3 is 3.00 bits per heavy atom. The van der Waals surface area contributed by atoms with Gasteiger partial charge in [0.15, 0.2) is 0 Å². The number of carbonyl (C=O) groups is 1. The maximum atomic E-state index is 11.0. The van der Waals surface area contributed by atoms with Gasteiger partial charge in [0.05, 0.1) is 11.9 Å². The smallest absolute Gasteiger partial charge is 0.230 e. The van der Waals surface area contributed by atoms with E-state index in [1.54, 1.807) is 7.11 Å². The summed E-state index contributed by atoms with van der Waals surface area (Å²) in [5, 5.41) is 3.10. The third-order valence-electron chi connectivity index (χ3n) is 2.23. The van der Waals surface area contributed by atoms with Gasteiger partial charge in [-0.2, -0.15) is 0 Å². The summed E-state index contributed by atoms with van der Waals surface area (Å²) in [6.07, 6.45) is 0.839. The lowest BCUT2D eigenvalue weighted by Crippen LogP contribution is -2.45. The Balaban J connectivity index is 2.35. The molecule has 0 saturated carbocycles. The van der Waals surface area contributed by atoms with Gasteiger partial charge in [-0.15, -0.1) is 0 Å². The molecule has 1 aliphatic heterocycles. The molecule has 1 unspecified atom stereocenters. The van der Waals surface area contributed by atoms with Gasteiger partial charge in [-0.3, -0.25) is 4.79 Å². The van der Waals surface area contributed by atoms with Gasteiger partial charge in [0.25, 0.3) is 0 Å². The van der Waals surface area contributed by atoms with Crippen molar-refractivity contribution in [2.75, 3.05) is 32.2 Å².